The van der Waals surface area contributed by atoms with Crippen LogP contribution in [0.5, 0.6) is 11.5 Å². The Bertz CT molecular complexity index is 446. The summed E-state index contributed by atoms with van der Waals surface area (Å²) in [5.74, 6) is 1.07. The van der Waals surface area contributed by atoms with Gasteiger partial charge in [0.1, 0.15) is 5.60 Å². The molecule has 0 aliphatic heterocycles. The molecule has 1 rings (SSSR count). The molecule has 0 aromatic heterocycles. The van der Waals surface area contributed by atoms with Crippen LogP contribution in [-0.4, -0.2) is 25.3 Å². The van der Waals surface area contributed by atoms with Crippen LogP contribution in [0.4, 0.5) is 0 Å². The number of esters is 1. The molecule has 0 unspecified atom stereocenters. The second-order valence-corrected chi connectivity index (χ2v) is 5.52. The van der Waals surface area contributed by atoms with Gasteiger partial charge < -0.3 is 14.2 Å². The topological polar surface area (TPSA) is 44.8 Å². The van der Waals surface area contributed by atoms with E-state index in [0.717, 1.165) is 6.42 Å². The second kappa shape index (κ2) is 7.17. The molecule has 0 aliphatic carbocycles. The fourth-order valence-corrected chi connectivity index (χ4v) is 1.69. The van der Waals surface area contributed by atoms with Crippen LogP contribution in [0.3, 0.4) is 0 Å². The first-order valence-corrected chi connectivity index (χ1v) is 6.87. The quantitative estimate of drug-likeness (QED) is 0.749. The van der Waals surface area contributed by atoms with E-state index in [2.05, 4.69) is 6.92 Å². The minimum atomic E-state index is -0.461. The summed E-state index contributed by atoms with van der Waals surface area (Å²) in [5.41, 5.74) is 0.721. The lowest BCUT2D eigenvalue weighted by atomic mass is 10.1. The Hall–Kier alpha value is -1.71. The third kappa shape index (κ3) is 5.51. The standard InChI is InChI=1S/C16H24O4/c1-6-12-7-8-13(14(11-12)18-5)19-10-9-15(17)20-16(2,3)4/h7-8,11H,6,9-10H2,1-5H3. The van der Waals surface area contributed by atoms with Crippen LogP contribution >= 0.6 is 0 Å². The van der Waals surface area contributed by atoms with Gasteiger partial charge in [0.05, 0.1) is 20.1 Å². The van der Waals surface area contributed by atoms with Gasteiger partial charge in [-0.1, -0.05) is 13.0 Å². The third-order valence-corrected chi connectivity index (χ3v) is 2.62. The van der Waals surface area contributed by atoms with Crippen molar-refractivity contribution in [1.29, 1.82) is 0 Å². The fraction of sp³-hybridized carbons (Fsp3) is 0.562. The van der Waals surface area contributed by atoms with Crippen LogP contribution in [-0.2, 0) is 16.0 Å². The summed E-state index contributed by atoms with van der Waals surface area (Å²) in [6, 6.07) is 5.81. The van der Waals surface area contributed by atoms with Gasteiger partial charge in [0, 0.05) is 0 Å². The average Bonchev–Trinajstić information content (AvgIpc) is 2.36. The average molecular weight is 280 g/mol. The van der Waals surface area contributed by atoms with Crippen molar-refractivity contribution in [2.24, 2.45) is 0 Å². The first kappa shape index (κ1) is 16.3. The molecule has 1 aromatic rings. The Morgan fingerprint density at radius 2 is 1.90 bits per heavy atom. The molecule has 0 N–H and O–H groups in total. The maximum Gasteiger partial charge on any atom is 0.309 e. The van der Waals surface area contributed by atoms with E-state index in [-0.39, 0.29) is 19.0 Å². The molecular formula is C16H24O4. The Balaban J connectivity index is 2.52. The van der Waals surface area contributed by atoms with Crippen molar-refractivity contribution in [3.05, 3.63) is 23.8 Å². The van der Waals surface area contributed by atoms with Crippen LogP contribution in [0, 0.1) is 0 Å². The van der Waals surface area contributed by atoms with Gasteiger partial charge in [0.2, 0.25) is 0 Å². The minimum absolute atomic E-state index is 0.218. The predicted octanol–water partition coefficient (Wildman–Crippen LogP) is 3.37. The third-order valence-electron chi connectivity index (χ3n) is 2.62. The summed E-state index contributed by atoms with van der Waals surface area (Å²) in [6.07, 6.45) is 1.16. The van der Waals surface area contributed by atoms with Crippen molar-refractivity contribution in [2.75, 3.05) is 13.7 Å². The zero-order valence-corrected chi connectivity index (χ0v) is 13.0. The van der Waals surface area contributed by atoms with Gasteiger partial charge in [0.25, 0.3) is 0 Å². The molecule has 0 saturated heterocycles. The van der Waals surface area contributed by atoms with E-state index in [1.807, 2.05) is 39.0 Å². The molecule has 0 bridgehead atoms. The minimum Gasteiger partial charge on any atom is -0.493 e. The maximum absolute atomic E-state index is 11.6. The van der Waals surface area contributed by atoms with Gasteiger partial charge in [-0.2, -0.15) is 0 Å². The molecule has 1 aromatic carbocycles. The largest absolute Gasteiger partial charge is 0.493 e. The molecule has 4 heteroatoms. The van der Waals surface area contributed by atoms with Gasteiger partial charge in [-0.3, -0.25) is 4.79 Å². The van der Waals surface area contributed by atoms with Gasteiger partial charge in [-0.05, 0) is 44.9 Å². The first-order valence-electron chi connectivity index (χ1n) is 6.87. The number of rotatable bonds is 6. The Kier molecular flexibility index (Phi) is 5.86. The number of hydrogen-bond acceptors (Lipinski definition) is 4. The fourth-order valence-electron chi connectivity index (χ4n) is 1.69. The molecule has 0 fully saturated rings. The van der Waals surface area contributed by atoms with Crippen molar-refractivity contribution < 1.29 is 19.0 Å². The maximum atomic E-state index is 11.6. The van der Waals surface area contributed by atoms with Crippen molar-refractivity contribution in [2.45, 2.75) is 46.1 Å². The molecule has 0 heterocycles. The SMILES string of the molecule is CCc1ccc(OCCC(=O)OC(C)(C)C)c(OC)c1. The summed E-state index contributed by atoms with van der Waals surface area (Å²) >= 11 is 0. The molecular weight excluding hydrogens is 256 g/mol. The molecule has 0 spiro atoms. The summed E-state index contributed by atoms with van der Waals surface area (Å²) in [6.45, 7) is 7.89. The Labute approximate surface area is 121 Å². The zero-order valence-electron chi connectivity index (χ0n) is 13.0. The molecule has 0 aliphatic rings. The highest BCUT2D eigenvalue weighted by molar-refractivity contribution is 5.70. The molecule has 0 radical (unpaired) electrons. The van der Waals surface area contributed by atoms with Crippen LogP contribution in [0.2, 0.25) is 0 Å². The van der Waals surface area contributed by atoms with E-state index < -0.39 is 5.60 Å². The van der Waals surface area contributed by atoms with Crippen LogP contribution in [0.15, 0.2) is 18.2 Å². The van der Waals surface area contributed by atoms with E-state index in [1.165, 1.54) is 5.56 Å². The van der Waals surface area contributed by atoms with Gasteiger partial charge in [-0.25, -0.2) is 0 Å². The highest BCUT2D eigenvalue weighted by atomic mass is 16.6. The van der Waals surface area contributed by atoms with Gasteiger partial charge >= 0.3 is 5.97 Å². The van der Waals surface area contributed by atoms with Crippen molar-refractivity contribution in [3.63, 3.8) is 0 Å². The Morgan fingerprint density at radius 3 is 2.45 bits per heavy atom. The van der Waals surface area contributed by atoms with Crippen molar-refractivity contribution >= 4 is 5.97 Å². The van der Waals surface area contributed by atoms with Gasteiger partial charge in [0.15, 0.2) is 11.5 Å². The number of methoxy groups -OCH3 is 1. The normalized spacial score (nSPS) is 11.1. The molecule has 0 saturated carbocycles. The van der Waals surface area contributed by atoms with E-state index in [4.69, 9.17) is 14.2 Å². The summed E-state index contributed by atoms with van der Waals surface area (Å²) in [7, 11) is 1.61. The van der Waals surface area contributed by atoms with Crippen molar-refractivity contribution in [3.8, 4) is 11.5 Å². The molecule has 4 nitrogen and oxygen atoms in total. The molecule has 112 valence electrons. The molecule has 0 atom stereocenters. The predicted molar refractivity (Wildman–Crippen MR) is 78.3 cm³/mol. The van der Waals surface area contributed by atoms with E-state index in [0.29, 0.717) is 11.5 Å². The van der Waals surface area contributed by atoms with Crippen LogP contribution < -0.4 is 9.47 Å². The number of carbonyl (C=O) groups is 1. The number of benzene rings is 1. The number of carbonyl (C=O) groups excluding carboxylic acids is 1. The lowest BCUT2D eigenvalue weighted by Gasteiger charge is -2.19. The second-order valence-electron chi connectivity index (χ2n) is 5.52. The zero-order chi connectivity index (χ0) is 15.2. The lowest BCUT2D eigenvalue weighted by molar-refractivity contribution is -0.155. The van der Waals surface area contributed by atoms with E-state index >= 15 is 0 Å². The number of hydrogen-bond donors (Lipinski definition) is 0. The van der Waals surface area contributed by atoms with Crippen LogP contribution in [0.25, 0.3) is 0 Å². The molecule has 20 heavy (non-hydrogen) atoms. The summed E-state index contributed by atoms with van der Waals surface area (Å²) in [5, 5.41) is 0. The summed E-state index contributed by atoms with van der Waals surface area (Å²) in [4.78, 5) is 11.6. The smallest absolute Gasteiger partial charge is 0.309 e. The number of aryl methyl sites for hydroxylation is 1. The van der Waals surface area contributed by atoms with E-state index in [1.54, 1.807) is 7.11 Å². The highest BCUT2D eigenvalue weighted by Gasteiger charge is 2.16. The number of ether oxygens (including phenoxy) is 3. The lowest BCUT2D eigenvalue weighted by Crippen LogP contribution is -2.24. The van der Waals surface area contributed by atoms with E-state index in [9.17, 15) is 4.79 Å². The highest BCUT2D eigenvalue weighted by Crippen LogP contribution is 2.28. The Morgan fingerprint density at radius 1 is 1.20 bits per heavy atom. The monoisotopic (exact) mass is 280 g/mol. The van der Waals surface area contributed by atoms with Crippen LogP contribution in [0.1, 0.15) is 39.7 Å². The van der Waals surface area contributed by atoms with Crippen molar-refractivity contribution in [1.82, 2.24) is 0 Å². The summed E-state index contributed by atoms with van der Waals surface area (Å²) < 4.78 is 16.1. The first-order chi connectivity index (χ1) is 9.35. The van der Waals surface area contributed by atoms with Gasteiger partial charge in [-0.15, -0.1) is 0 Å². The molecule has 0 amide bonds.